The van der Waals surface area contributed by atoms with Crippen molar-refractivity contribution in [2.75, 3.05) is 0 Å². The SMILES string of the molecule is CCC(CC)(NS(=O)(=O)c1cccnc1C#N)C(=O)O. The Morgan fingerprint density at radius 3 is 2.55 bits per heavy atom. The largest absolute Gasteiger partial charge is 0.480 e. The highest BCUT2D eigenvalue weighted by Gasteiger charge is 2.40. The number of carboxylic acid groups (broad SMARTS) is 1. The van der Waals surface area contributed by atoms with E-state index in [1.165, 1.54) is 18.3 Å². The molecular weight excluding hydrogens is 282 g/mol. The maximum absolute atomic E-state index is 12.3. The normalized spacial score (nSPS) is 11.8. The average molecular weight is 297 g/mol. The lowest BCUT2D eigenvalue weighted by atomic mass is 9.95. The zero-order valence-corrected chi connectivity index (χ0v) is 11.9. The Kier molecular flexibility index (Phi) is 4.81. The van der Waals surface area contributed by atoms with Crippen LogP contribution in [0.3, 0.4) is 0 Å². The van der Waals surface area contributed by atoms with Crippen LogP contribution in [0.2, 0.25) is 0 Å². The molecular formula is C12H15N3O4S. The molecule has 0 radical (unpaired) electrons. The predicted molar refractivity (Wildman–Crippen MR) is 70.2 cm³/mol. The molecule has 0 saturated heterocycles. The molecule has 20 heavy (non-hydrogen) atoms. The molecule has 1 aromatic rings. The highest BCUT2D eigenvalue weighted by molar-refractivity contribution is 7.89. The van der Waals surface area contributed by atoms with Crippen molar-refractivity contribution in [3.63, 3.8) is 0 Å². The van der Waals surface area contributed by atoms with E-state index in [-0.39, 0.29) is 23.4 Å². The molecule has 0 aliphatic rings. The molecule has 0 amide bonds. The van der Waals surface area contributed by atoms with Crippen molar-refractivity contribution in [3.05, 3.63) is 24.0 Å². The Bertz CT molecular complexity index is 645. The fourth-order valence-electron chi connectivity index (χ4n) is 1.74. The number of carboxylic acids is 1. The maximum Gasteiger partial charge on any atom is 0.324 e. The predicted octanol–water partition coefficient (Wildman–Crippen LogP) is 0.875. The smallest absolute Gasteiger partial charge is 0.324 e. The summed E-state index contributed by atoms with van der Waals surface area (Å²) in [6.07, 6.45) is 1.46. The van der Waals surface area contributed by atoms with E-state index in [0.717, 1.165) is 0 Å². The number of hydrogen-bond donors (Lipinski definition) is 2. The number of nitrogens with one attached hydrogen (secondary N) is 1. The van der Waals surface area contributed by atoms with Crippen LogP contribution in [-0.2, 0) is 14.8 Å². The Morgan fingerprint density at radius 1 is 1.50 bits per heavy atom. The van der Waals surface area contributed by atoms with E-state index in [2.05, 4.69) is 9.71 Å². The molecule has 0 atom stereocenters. The molecule has 1 rings (SSSR count). The van der Waals surface area contributed by atoms with Crippen molar-refractivity contribution in [1.82, 2.24) is 9.71 Å². The highest BCUT2D eigenvalue weighted by Crippen LogP contribution is 2.21. The second-order valence-corrected chi connectivity index (χ2v) is 5.81. The summed E-state index contributed by atoms with van der Waals surface area (Å²) in [5, 5.41) is 18.1. The number of aliphatic carboxylic acids is 1. The zero-order chi connectivity index (χ0) is 15.4. The topological polar surface area (TPSA) is 120 Å². The Labute approximate surface area is 117 Å². The van der Waals surface area contributed by atoms with Crippen LogP contribution in [-0.4, -0.2) is 30.0 Å². The summed E-state index contributed by atoms with van der Waals surface area (Å²) in [5.41, 5.74) is -1.87. The van der Waals surface area contributed by atoms with Gasteiger partial charge in [-0.25, -0.2) is 13.4 Å². The fraction of sp³-hybridized carbons (Fsp3) is 0.417. The van der Waals surface area contributed by atoms with Crippen LogP contribution in [0.4, 0.5) is 0 Å². The van der Waals surface area contributed by atoms with Gasteiger partial charge in [0.25, 0.3) is 0 Å². The van der Waals surface area contributed by atoms with Crippen LogP contribution >= 0.6 is 0 Å². The number of rotatable bonds is 6. The molecule has 2 N–H and O–H groups in total. The number of nitriles is 1. The fourth-order valence-corrected chi connectivity index (χ4v) is 3.35. The summed E-state index contributed by atoms with van der Waals surface area (Å²) in [5.74, 6) is -1.26. The van der Waals surface area contributed by atoms with Gasteiger partial charge in [-0.15, -0.1) is 0 Å². The van der Waals surface area contributed by atoms with Gasteiger partial charge in [-0.1, -0.05) is 13.8 Å². The summed E-state index contributed by atoms with van der Waals surface area (Å²) in [4.78, 5) is 14.7. The van der Waals surface area contributed by atoms with Gasteiger partial charge in [0.2, 0.25) is 10.0 Å². The molecule has 7 nitrogen and oxygen atoms in total. The van der Waals surface area contributed by atoms with Crippen molar-refractivity contribution in [1.29, 1.82) is 5.26 Å². The van der Waals surface area contributed by atoms with Gasteiger partial charge in [-0.2, -0.15) is 9.98 Å². The minimum atomic E-state index is -4.15. The van der Waals surface area contributed by atoms with Gasteiger partial charge in [0, 0.05) is 6.20 Å². The van der Waals surface area contributed by atoms with E-state index in [1.54, 1.807) is 19.9 Å². The Hall–Kier alpha value is -1.98. The van der Waals surface area contributed by atoms with Gasteiger partial charge in [0.15, 0.2) is 5.69 Å². The number of hydrogen-bond acceptors (Lipinski definition) is 5. The van der Waals surface area contributed by atoms with Gasteiger partial charge in [-0.05, 0) is 25.0 Å². The van der Waals surface area contributed by atoms with E-state index >= 15 is 0 Å². The zero-order valence-electron chi connectivity index (χ0n) is 11.1. The van der Waals surface area contributed by atoms with Crippen molar-refractivity contribution >= 4 is 16.0 Å². The first kappa shape index (κ1) is 16.1. The quantitative estimate of drug-likeness (QED) is 0.804. The molecule has 8 heteroatoms. The molecule has 0 fully saturated rings. The first-order valence-corrected chi connectivity index (χ1v) is 7.43. The number of sulfonamides is 1. The number of nitrogens with zero attached hydrogens (tertiary/aromatic N) is 2. The third-order valence-electron chi connectivity index (χ3n) is 3.11. The first-order chi connectivity index (χ1) is 9.33. The van der Waals surface area contributed by atoms with E-state index < -0.39 is 21.5 Å². The number of pyridine rings is 1. The van der Waals surface area contributed by atoms with Gasteiger partial charge < -0.3 is 5.11 Å². The van der Waals surface area contributed by atoms with Crippen LogP contribution in [0.15, 0.2) is 23.2 Å². The van der Waals surface area contributed by atoms with Gasteiger partial charge in [0.1, 0.15) is 16.5 Å². The summed E-state index contributed by atoms with van der Waals surface area (Å²) in [7, 11) is -4.15. The van der Waals surface area contributed by atoms with Crippen molar-refractivity contribution < 1.29 is 18.3 Å². The second-order valence-electron chi connectivity index (χ2n) is 4.16. The number of aromatic nitrogens is 1. The van der Waals surface area contributed by atoms with Crippen LogP contribution in [0, 0.1) is 11.3 Å². The molecule has 0 aliphatic carbocycles. The molecule has 1 aromatic heterocycles. The minimum absolute atomic E-state index is 0.0835. The Balaban J connectivity index is 3.32. The lowest BCUT2D eigenvalue weighted by Crippen LogP contribution is -2.53. The summed E-state index contributed by atoms with van der Waals surface area (Å²) in [6.45, 7) is 3.16. The lowest BCUT2D eigenvalue weighted by Gasteiger charge is -2.27. The van der Waals surface area contributed by atoms with Crippen molar-refractivity contribution in [2.45, 2.75) is 37.1 Å². The van der Waals surface area contributed by atoms with Crippen molar-refractivity contribution in [3.8, 4) is 6.07 Å². The van der Waals surface area contributed by atoms with Crippen LogP contribution in [0.1, 0.15) is 32.4 Å². The molecule has 0 saturated carbocycles. The van der Waals surface area contributed by atoms with E-state index in [0.29, 0.717) is 0 Å². The molecule has 0 aliphatic heterocycles. The summed E-state index contributed by atoms with van der Waals surface area (Å²) >= 11 is 0. The Morgan fingerprint density at radius 2 is 2.10 bits per heavy atom. The minimum Gasteiger partial charge on any atom is -0.480 e. The van der Waals surface area contributed by atoms with Crippen molar-refractivity contribution in [2.24, 2.45) is 0 Å². The summed E-state index contributed by atoms with van der Waals surface area (Å²) < 4.78 is 26.7. The van der Waals surface area contributed by atoms with Crippen LogP contribution < -0.4 is 4.72 Å². The standard InChI is InChI=1S/C12H15N3O4S/c1-3-12(4-2,11(16)17)15-20(18,19)10-6-5-7-14-9(10)8-13/h5-7,15H,3-4H2,1-2H3,(H,16,17). The molecule has 0 aromatic carbocycles. The van der Waals surface area contributed by atoms with Gasteiger partial charge in [-0.3, -0.25) is 4.79 Å². The number of carbonyl (C=O) groups is 1. The highest BCUT2D eigenvalue weighted by atomic mass is 32.2. The lowest BCUT2D eigenvalue weighted by molar-refractivity contribution is -0.144. The van der Waals surface area contributed by atoms with Crippen LogP contribution in [0.5, 0.6) is 0 Å². The molecule has 108 valence electrons. The van der Waals surface area contributed by atoms with E-state index in [4.69, 9.17) is 5.26 Å². The van der Waals surface area contributed by atoms with Crippen LogP contribution in [0.25, 0.3) is 0 Å². The third-order valence-corrected chi connectivity index (χ3v) is 4.68. The average Bonchev–Trinajstić information content (AvgIpc) is 2.44. The molecule has 0 unspecified atom stereocenters. The maximum atomic E-state index is 12.3. The van der Waals surface area contributed by atoms with Gasteiger partial charge in [0.05, 0.1) is 0 Å². The van der Waals surface area contributed by atoms with Gasteiger partial charge >= 0.3 is 5.97 Å². The third kappa shape index (κ3) is 2.95. The molecule has 0 spiro atoms. The van der Waals surface area contributed by atoms with E-state index in [1.807, 2.05) is 0 Å². The second kappa shape index (κ2) is 5.98. The summed E-state index contributed by atoms with van der Waals surface area (Å²) in [6, 6.07) is 4.26. The monoisotopic (exact) mass is 297 g/mol. The molecule has 0 bridgehead atoms. The van der Waals surface area contributed by atoms with E-state index in [9.17, 15) is 18.3 Å². The first-order valence-electron chi connectivity index (χ1n) is 5.95. The molecule has 1 heterocycles.